The van der Waals surface area contributed by atoms with Crippen LogP contribution in [-0.2, 0) is 23.7 Å². The summed E-state index contributed by atoms with van der Waals surface area (Å²) in [7, 11) is -3.24. The minimum atomic E-state index is -3.24. The van der Waals surface area contributed by atoms with Gasteiger partial charge in [-0.15, -0.1) is 9.35 Å². The van der Waals surface area contributed by atoms with Gasteiger partial charge in [-0.05, 0) is 27.7 Å². The Hall–Kier alpha value is 0.0700. The predicted molar refractivity (Wildman–Crippen MR) is 48.1 cm³/mol. The van der Waals surface area contributed by atoms with Crippen LogP contribution in [0, 0.1) is 0 Å². The second kappa shape index (κ2) is 5.73. The lowest BCUT2D eigenvalue weighted by molar-refractivity contribution is -0.290. The van der Waals surface area contributed by atoms with Crippen LogP contribution in [0.15, 0.2) is 0 Å². The molecule has 0 aliphatic rings. The lowest BCUT2D eigenvalue weighted by atomic mass is 10.5. The first-order valence-electron chi connectivity index (χ1n) is 4.11. The molecule has 0 aliphatic heterocycles. The molecule has 0 bridgehead atoms. The van der Waals surface area contributed by atoms with Crippen molar-refractivity contribution in [3.63, 3.8) is 0 Å². The highest BCUT2D eigenvalue weighted by molar-refractivity contribution is 7.52. The summed E-state index contributed by atoms with van der Waals surface area (Å²) < 4.78 is 20.4. The highest BCUT2D eigenvalue weighted by Crippen LogP contribution is 2.44. The van der Waals surface area contributed by atoms with Crippen LogP contribution >= 0.6 is 7.60 Å². The van der Waals surface area contributed by atoms with E-state index < -0.39 is 7.60 Å². The summed E-state index contributed by atoms with van der Waals surface area (Å²) >= 11 is 0. The SMILES string of the molecule is CC(C)OOP(C)(=O)OOC(C)C. The highest BCUT2D eigenvalue weighted by atomic mass is 31.2. The lowest BCUT2D eigenvalue weighted by Gasteiger charge is -2.14. The van der Waals surface area contributed by atoms with Crippen LogP contribution in [0.5, 0.6) is 0 Å². The van der Waals surface area contributed by atoms with Crippen LogP contribution in [0.3, 0.4) is 0 Å². The number of rotatable bonds is 6. The molecule has 0 aromatic rings. The minimum Gasteiger partial charge on any atom is -0.255 e. The van der Waals surface area contributed by atoms with Gasteiger partial charge in [-0.3, -0.25) is 4.57 Å². The van der Waals surface area contributed by atoms with E-state index in [1.54, 1.807) is 27.7 Å². The Morgan fingerprint density at radius 1 is 0.923 bits per heavy atom. The van der Waals surface area contributed by atoms with Crippen LogP contribution in [0.25, 0.3) is 0 Å². The van der Waals surface area contributed by atoms with E-state index in [2.05, 4.69) is 19.1 Å². The van der Waals surface area contributed by atoms with Gasteiger partial charge in [-0.25, -0.2) is 9.78 Å². The van der Waals surface area contributed by atoms with E-state index in [0.29, 0.717) is 0 Å². The summed E-state index contributed by atoms with van der Waals surface area (Å²) in [5, 5.41) is 0. The zero-order chi connectivity index (χ0) is 10.5. The van der Waals surface area contributed by atoms with Crippen molar-refractivity contribution in [3.8, 4) is 0 Å². The molecule has 0 unspecified atom stereocenters. The molecule has 0 N–H and O–H groups in total. The summed E-state index contributed by atoms with van der Waals surface area (Å²) in [4.78, 5) is 9.34. The summed E-state index contributed by atoms with van der Waals surface area (Å²) in [6.07, 6.45) is -0.341. The lowest BCUT2D eigenvalue weighted by Crippen LogP contribution is -2.06. The Morgan fingerprint density at radius 3 is 1.46 bits per heavy atom. The highest BCUT2D eigenvalue weighted by Gasteiger charge is 2.21. The fourth-order valence-electron chi connectivity index (χ4n) is 0.341. The molecule has 13 heavy (non-hydrogen) atoms. The maximum Gasteiger partial charge on any atom is 0.381 e. The normalized spacial score (nSPS) is 12.8. The van der Waals surface area contributed by atoms with Gasteiger partial charge in [0.05, 0.1) is 12.2 Å². The van der Waals surface area contributed by atoms with Crippen LogP contribution in [0.2, 0.25) is 0 Å². The van der Waals surface area contributed by atoms with Crippen molar-refractivity contribution in [3.05, 3.63) is 0 Å². The Kier molecular flexibility index (Phi) is 5.76. The van der Waals surface area contributed by atoms with Crippen LogP contribution in [0.1, 0.15) is 27.7 Å². The quantitative estimate of drug-likeness (QED) is 0.384. The van der Waals surface area contributed by atoms with Crippen LogP contribution in [-0.4, -0.2) is 18.9 Å². The Bertz CT molecular complexity index is 164. The smallest absolute Gasteiger partial charge is 0.255 e. The minimum absolute atomic E-state index is 0.170. The van der Waals surface area contributed by atoms with Gasteiger partial charge >= 0.3 is 7.60 Å². The van der Waals surface area contributed by atoms with Crippen molar-refractivity contribution in [2.45, 2.75) is 39.9 Å². The number of hydrogen-bond donors (Lipinski definition) is 0. The van der Waals surface area contributed by atoms with Gasteiger partial charge < -0.3 is 0 Å². The van der Waals surface area contributed by atoms with Gasteiger partial charge in [0.25, 0.3) is 0 Å². The van der Waals surface area contributed by atoms with E-state index >= 15 is 0 Å². The first-order chi connectivity index (χ1) is 5.83. The van der Waals surface area contributed by atoms with Gasteiger partial charge in [0.15, 0.2) is 0 Å². The summed E-state index contributed by atoms with van der Waals surface area (Å²) in [5.74, 6) is 0. The first kappa shape index (κ1) is 13.1. The molecule has 80 valence electrons. The second-order valence-electron chi connectivity index (χ2n) is 3.21. The number of hydrogen-bond acceptors (Lipinski definition) is 5. The van der Waals surface area contributed by atoms with E-state index in [-0.39, 0.29) is 12.2 Å². The molecule has 6 heteroatoms. The maximum absolute atomic E-state index is 11.3. The molecule has 0 fully saturated rings. The van der Waals surface area contributed by atoms with Crippen molar-refractivity contribution >= 4 is 7.60 Å². The molecule has 0 atom stereocenters. The summed E-state index contributed by atoms with van der Waals surface area (Å²) in [5.41, 5.74) is 0. The van der Waals surface area contributed by atoms with Gasteiger partial charge in [0, 0.05) is 6.66 Å². The molecule has 0 aromatic carbocycles. The summed E-state index contributed by atoms with van der Waals surface area (Å²) in [6.45, 7) is 8.29. The Morgan fingerprint density at radius 2 is 1.23 bits per heavy atom. The molecule has 5 nitrogen and oxygen atoms in total. The molecule has 0 aliphatic carbocycles. The third kappa shape index (κ3) is 8.40. The van der Waals surface area contributed by atoms with Crippen molar-refractivity contribution in [1.82, 2.24) is 0 Å². The van der Waals surface area contributed by atoms with Gasteiger partial charge in [-0.1, -0.05) is 0 Å². The van der Waals surface area contributed by atoms with E-state index in [9.17, 15) is 4.57 Å². The zero-order valence-corrected chi connectivity index (χ0v) is 9.54. The first-order valence-corrected chi connectivity index (χ1v) is 6.10. The largest absolute Gasteiger partial charge is 0.381 e. The molecule has 0 aromatic heterocycles. The standard InChI is InChI=1S/C7H17O5P/c1-6(2)9-11-13(5,8)12-10-7(3)4/h6-7H,1-5H3. The second-order valence-corrected chi connectivity index (χ2v) is 5.05. The monoisotopic (exact) mass is 212 g/mol. The summed E-state index contributed by atoms with van der Waals surface area (Å²) in [6, 6.07) is 0. The van der Waals surface area contributed by atoms with Crippen molar-refractivity contribution in [1.29, 1.82) is 0 Å². The van der Waals surface area contributed by atoms with Crippen molar-refractivity contribution in [2.75, 3.05) is 6.66 Å². The molecular formula is C7H17O5P. The third-order valence-corrected chi connectivity index (χ3v) is 1.46. The fraction of sp³-hybridized carbons (Fsp3) is 1.00. The average molecular weight is 212 g/mol. The van der Waals surface area contributed by atoms with E-state index in [1.807, 2.05) is 0 Å². The van der Waals surface area contributed by atoms with Gasteiger partial charge in [-0.2, -0.15) is 0 Å². The van der Waals surface area contributed by atoms with Gasteiger partial charge in [0.1, 0.15) is 0 Å². The molecule has 0 rings (SSSR count). The van der Waals surface area contributed by atoms with E-state index in [0.717, 1.165) is 0 Å². The van der Waals surface area contributed by atoms with Crippen LogP contribution in [0.4, 0.5) is 0 Å². The van der Waals surface area contributed by atoms with Crippen molar-refractivity contribution < 1.29 is 23.7 Å². The third-order valence-electron chi connectivity index (χ3n) is 0.742. The zero-order valence-electron chi connectivity index (χ0n) is 8.64. The Balaban J connectivity index is 3.74. The molecule has 0 radical (unpaired) electrons. The molecule has 0 spiro atoms. The Labute approximate surface area is 78.7 Å². The molecular weight excluding hydrogens is 195 g/mol. The predicted octanol–water partition coefficient (Wildman–Crippen LogP) is 2.52. The van der Waals surface area contributed by atoms with E-state index in [1.165, 1.54) is 6.66 Å². The maximum atomic E-state index is 11.3. The fourth-order valence-corrected chi connectivity index (χ4v) is 1.02. The van der Waals surface area contributed by atoms with Crippen molar-refractivity contribution in [2.24, 2.45) is 0 Å². The topological polar surface area (TPSA) is 54.0 Å². The molecule has 0 saturated heterocycles. The molecule has 0 saturated carbocycles. The van der Waals surface area contributed by atoms with Crippen LogP contribution < -0.4 is 0 Å². The van der Waals surface area contributed by atoms with Gasteiger partial charge in [0.2, 0.25) is 0 Å². The molecule has 0 amide bonds. The average Bonchev–Trinajstić information content (AvgIpc) is 1.98. The molecule has 0 heterocycles. The van der Waals surface area contributed by atoms with E-state index in [4.69, 9.17) is 0 Å².